The fourth-order valence-electron chi connectivity index (χ4n) is 1.41. The number of aromatic nitrogens is 2. The van der Waals surface area contributed by atoms with Gasteiger partial charge >= 0.3 is 0 Å². The van der Waals surface area contributed by atoms with E-state index in [-0.39, 0.29) is 11.3 Å². The van der Waals surface area contributed by atoms with E-state index in [1.54, 1.807) is 17.1 Å². The van der Waals surface area contributed by atoms with E-state index in [1.165, 1.54) is 0 Å². The molecule has 0 saturated carbocycles. The number of nitrogens with two attached hydrogens (primary N) is 1. The standard InChI is InChI=1S/C10H17ClN4O/c1-10(2,9(12)14-16)4-3-5-15-7-8(11)6-13-15/h6-7,16H,3-5H2,1-2H3,(H2,12,14). The molecule has 0 spiro atoms. The van der Waals surface area contributed by atoms with Crippen LogP contribution in [0.4, 0.5) is 0 Å². The van der Waals surface area contributed by atoms with Gasteiger partial charge in [-0.15, -0.1) is 0 Å². The molecular formula is C10H17ClN4O. The lowest BCUT2D eigenvalue weighted by atomic mass is 9.86. The van der Waals surface area contributed by atoms with E-state index >= 15 is 0 Å². The molecule has 0 fully saturated rings. The molecule has 0 aliphatic carbocycles. The van der Waals surface area contributed by atoms with Crippen LogP contribution in [0.2, 0.25) is 5.02 Å². The highest BCUT2D eigenvalue weighted by atomic mass is 35.5. The van der Waals surface area contributed by atoms with Gasteiger partial charge in [0.25, 0.3) is 0 Å². The monoisotopic (exact) mass is 244 g/mol. The third-order valence-corrected chi connectivity index (χ3v) is 2.79. The van der Waals surface area contributed by atoms with Gasteiger partial charge < -0.3 is 10.9 Å². The fourth-order valence-corrected chi connectivity index (χ4v) is 1.56. The van der Waals surface area contributed by atoms with Crippen molar-refractivity contribution < 1.29 is 5.21 Å². The minimum absolute atomic E-state index is 0.256. The third kappa shape index (κ3) is 3.41. The number of hydrogen-bond acceptors (Lipinski definition) is 3. The summed E-state index contributed by atoms with van der Waals surface area (Å²) in [6.45, 7) is 4.66. The molecule has 0 atom stereocenters. The Hall–Kier alpha value is -1.23. The molecular weight excluding hydrogens is 228 g/mol. The minimum Gasteiger partial charge on any atom is -0.409 e. The van der Waals surface area contributed by atoms with Gasteiger partial charge in [0, 0.05) is 18.2 Å². The van der Waals surface area contributed by atoms with Crippen molar-refractivity contribution in [3.05, 3.63) is 17.4 Å². The lowest BCUT2D eigenvalue weighted by molar-refractivity contribution is 0.303. The third-order valence-electron chi connectivity index (χ3n) is 2.59. The van der Waals surface area contributed by atoms with E-state index in [2.05, 4.69) is 10.3 Å². The van der Waals surface area contributed by atoms with Crippen LogP contribution in [0.5, 0.6) is 0 Å². The SMILES string of the molecule is CC(C)(CCCn1cc(Cl)cn1)C(N)=NO. The summed E-state index contributed by atoms with van der Waals surface area (Å²) in [4.78, 5) is 0. The lowest BCUT2D eigenvalue weighted by Gasteiger charge is -2.22. The van der Waals surface area contributed by atoms with Gasteiger partial charge in [0.15, 0.2) is 0 Å². The highest BCUT2D eigenvalue weighted by Gasteiger charge is 2.22. The summed E-state index contributed by atoms with van der Waals surface area (Å²) >= 11 is 5.75. The summed E-state index contributed by atoms with van der Waals surface area (Å²) in [5.41, 5.74) is 5.29. The van der Waals surface area contributed by atoms with Crippen molar-refractivity contribution in [2.24, 2.45) is 16.3 Å². The summed E-state index contributed by atoms with van der Waals surface area (Å²) in [6.07, 6.45) is 5.09. The summed E-state index contributed by atoms with van der Waals surface area (Å²) in [5, 5.41) is 16.4. The van der Waals surface area contributed by atoms with Crippen molar-refractivity contribution in [1.82, 2.24) is 9.78 Å². The molecule has 0 aliphatic rings. The number of aryl methyl sites for hydroxylation is 1. The Balaban J connectivity index is 2.41. The quantitative estimate of drug-likeness (QED) is 0.360. The first-order valence-corrected chi connectivity index (χ1v) is 5.49. The number of halogens is 1. The Labute approximate surface area is 99.9 Å². The van der Waals surface area contributed by atoms with Crippen LogP contribution >= 0.6 is 11.6 Å². The van der Waals surface area contributed by atoms with Crippen LogP contribution in [0.25, 0.3) is 0 Å². The van der Waals surface area contributed by atoms with Gasteiger partial charge in [-0.05, 0) is 12.8 Å². The maximum absolute atomic E-state index is 8.62. The molecule has 0 unspecified atom stereocenters. The molecule has 0 aromatic carbocycles. The first-order valence-electron chi connectivity index (χ1n) is 5.11. The summed E-state index contributed by atoms with van der Waals surface area (Å²) < 4.78 is 1.78. The van der Waals surface area contributed by atoms with Crippen molar-refractivity contribution in [3.63, 3.8) is 0 Å². The predicted molar refractivity (Wildman–Crippen MR) is 63.7 cm³/mol. The second-order valence-corrected chi connectivity index (χ2v) is 4.83. The van der Waals surface area contributed by atoms with Crippen LogP contribution in [0.15, 0.2) is 17.5 Å². The first-order chi connectivity index (χ1) is 7.45. The second-order valence-electron chi connectivity index (χ2n) is 4.39. The van der Waals surface area contributed by atoms with Gasteiger partial charge in [0.05, 0.1) is 11.2 Å². The Morgan fingerprint density at radius 1 is 1.69 bits per heavy atom. The average Bonchev–Trinajstić information content (AvgIpc) is 2.62. The largest absolute Gasteiger partial charge is 0.409 e. The number of rotatable bonds is 5. The Morgan fingerprint density at radius 2 is 2.38 bits per heavy atom. The number of amidine groups is 1. The van der Waals surface area contributed by atoms with Crippen LogP contribution in [0.1, 0.15) is 26.7 Å². The molecule has 0 saturated heterocycles. The maximum atomic E-state index is 8.62. The van der Waals surface area contributed by atoms with Crippen molar-refractivity contribution in [3.8, 4) is 0 Å². The van der Waals surface area contributed by atoms with Crippen LogP contribution in [-0.4, -0.2) is 20.8 Å². The van der Waals surface area contributed by atoms with E-state index in [9.17, 15) is 0 Å². The average molecular weight is 245 g/mol. The van der Waals surface area contributed by atoms with Crippen molar-refractivity contribution in [2.75, 3.05) is 0 Å². The molecule has 1 aromatic rings. The zero-order valence-corrected chi connectivity index (χ0v) is 10.3. The second kappa shape index (κ2) is 5.21. The Morgan fingerprint density at radius 3 is 2.88 bits per heavy atom. The Kier molecular flexibility index (Phi) is 4.18. The maximum Gasteiger partial charge on any atom is 0.144 e. The first kappa shape index (κ1) is 12.8. The van der Waals surface area contributed by atoms with Crippen LogP contribution in [0, 0.1) is 5.41 Å². The van der Waals surface area contributed by atoms with Gasteiger partial charge in [0.2, 0.25) is 0 Å². The highest BCUT2D eigenvalue weighted by molar-refractivity contribution is 6.30. The van der Waals surface area contributed by atoms with Crippen LogP contribution < -0.4 is 5.73 Å². The molecule has 1 rings (SSSR count). The summed E-state index contributed by atoms with van der Waals surface area (Å²) in [7, 11) is 0. The van der Waals surface area contributed by atoms with E-state index in [1.807, 2.05) is 13.8 Å². The van der Waals surface area contributed by atoms with Gasteiger partial charge in [-0.3, -0.25) is 4.68 Å². The molecule has 3 N–H and O–H groups in total. The topological polar surface area (TPSA) is 76.4 Å². The molecule has 16 heavy (non-hydrogen) atoms. The van der Waals surface area contributed by atoms with Gasteiger partial charge in [-0.25, -0.2) is 0 Å². The smallest absolute Gasteiger partial charge is 0.144 e. The van der Waals surface area contributed by atoms with Gasteiger partial charge in [-0.1, -0.05) is 30.6 Å². The molecule has 0 radical (unpaired) electrons. The van der Waals surface area contributed by atoms with Gasteiger partial charge in [0.1, 0.15) is 5.84 Å². The van der Waals surface area contributed by atoms with Gasteiger partial charge in [-0.2, -0.15) is 5.10 Å². The molecule has 0 bridgehead atoms. The van der Waals surface area contributed by atoms with E-state index in [4.69, 9.17) is 22.5 Å². The fraction of sp³-hybridized carbons (Fsp3) is 0.600. The minimum atomic E-state index is -0.300. The van der Waals surface area contributed by atoms with E-state index in [0.717, 1.165) is 19.4 Å². The summed E-state index contributed by atoms with van der Waals surface area (Å²) in [6, 6.07) is 0. The molecule has 6 heteroatoms. The normalized spacial score (nSPS) is 13.1. The summed E-state index contributed by atoms with van der Waals surface area (Å²) in [5.74, 6) is 0.256. The molecule has 1 aromatic heterocycles. The molecule has 90 valence electrons. The molecule has 1 heterocycles. The zero-order chi connectivity index (χ0) is 12.2. The van der Waals surface area contributed by atoms with E-state index < -0.39 is 0 Å². The molecule has 5 nitrogen and oxygen atoms in total. The lowest BCUT2D eigenvalue weighted by Crippen LogP contribution is -2.32. The van der Waals surface area contributed by atoms with Crippen LogP contribution in [-0.2, 0) is 6.54 Å². The molecule has 0 amide bonds. The number of oxime groups is 1. The van der Waals surface area contributed by atoms with Crippen LogP contribution in [0.3, 0.4) is 0 Å². The highest BCUT2D eigenvalue weighted by Crippen LogP contribution is 2.22. The molecule has 0 aliphatic heterocycles. The van der Waals surface area contributed by atoms with Crippen molar-refractivity contribution in [2.45, 2.75) is 33.2 Å². The van der Waals surface area contributed by atoms with E-state index in [0.29, 0.717) is 5.02 Å². The number of nitrogens with zero attached hydrogens (tertiary/aromatic N) is 3. The Bertz CT molecular complexity index is 373. The zero-order valence-electron chi connectivity index (χ0n) is 9.52. The van der Waals surface area contributed by atoms with Crippen molar-refractivity contribution >= 4 is 17.4 Å². The number of hydrogen-bond donors (Lipinski definition) is 2. The van der Waals surface area contributed by atoms with Crippen molar-refractivity contribution in [1.29, 1.82) is 0 Å². The predicted octanol–water partition coefficient (Wildman–Crippen LogP) is 2.09.